The number of hydrogen-bond acceptors (Lipinski definition) is 6. The summed E-state index contributed by atoms with van der Waals surface area (Å²) >= 11 is 0. The number of rotatable bonds is 8. The summed E-state index contributed by atoms with van der Waals surface area (Å²) in [5, 5.41) is 4.03. The molecule has 0 spiro atoms. The molecule has 0 aliphatic carbocycles. The highest BCUT2D eigenvalue weighted by molar-refractivity contribution is 5.98. The largest absolute Gasteiger partial charge is 0.460 e. The van der Waals surface area contributed by atoms with Crippen molar-refractivity contribution in [1.29, 1.82) is 0 Å². The number of H-pyrrole nitrogens is 1. The van der Waals surface area contributed by atoms with E-state index in [0.29, 0.717) is 30.0 Å². The first-order chi connectivity index (χ1) is 11.5. The molecule has 0 saturated carbocycles. The summed E-state index contributed by atoms with van der Waals surface area (Å²) < 4.78 is 16.8. The van der Waals surface area contributed by atoms with Gasteiger partial charge in [0, 0.05) is 25.2 Å². The molecule has 24 heavy (non-hydrogen) atoms. The number of ether oxygens (including phenoxy) is 3. The van der Waals surface area contributed by atoms with Gasteiger partial charge in [0.1, 0.15) is 18.9 Å². The van der Waals surface area contributed by atoms with E-state index in [4.69, 9.17) is 14.2 Å². The molecule has 0 aliphatic heterocycles. The molecule has 1 N–H and O–H groups in total. The second kappa shape index (κ2) is 8.30. The Morgan fingerprint density at radius 1 is 1.17 bits per heavy atom. The molecule has 0 aromatic carbocycles. The number of carbonyl (C=O) groups is 2. The van der Waals surface area contributed by atoms with Gasteiger partial charge in [0.25, 0.3) is 0 Å². The summed E-state index contributed by atoms with van der Waals surface area (Å²) in [4.78, 5) is 27.2. The van der Waals surface area contributed by atoms with Gasteiger partial charge < -0.3 is 19.2 Å². The van der Waals surface area contributed by atoms with E-state index in [1.165, 1.54) is 7.11 Å². The number of aromatic nitrogens is 3. The summed E-state index contributed by atoms with van der Waals surface area (Å²) in [6.07, 6.45) is 3.44. The third-order valence-electron chi connectivity index (χ3n) is 3.48. The molecule has 8 nitrogen and oxygen atoms in total. The van der Waals surface area contributed by atoms with Gasteiger partial charge in [-0.1, -0.05) is 0 Å². The van der Waals surface area contributed by atoms with Crippen LogP contribution < -0.4 is 0 Å². The lowest BCUT2D eigenvalue weighted by Gasteiger charge is -2.06. The highest BCUT2D eigenvalue weighted by atomic mass is 16.6. The zero-order chi connectivity index (χ0) is 17.5. The molecule has 2 heterocycles. The molecule has 130 valence electrons. The maximum Gasteiger partial charge on any atom is 0.355 e. The van der Waals surface area contributed by atoms with E-state index in [9.17, 15) is 9.59 Å². The van der Waals surface area contributed by atoms with Gasteiger partial charge in [0.05, 0.1) is 18.7 Å². The van der Waals surface area contributed by atoms with Crippen LogP contribution in [0.1, 0.15) is 32.1 Å². The van der Waals surface area contributed by atoms with Gasteiger partial charge in [0.15, 0.2) is 0 Å². The standard InChI is InChI=1S/C16H21N3O5/c1-11-13(15(20)24-10-9-22-3)12(2)18-14(11)16(21)23-8-7-19-6-4-5-17-19/h4-6,18H,7-10H2,1-3H3. The Balaban J connectivity index is 1.98. The number of nitrogens with zero attached hydrogens (tertiary/aromatic N) is 2. The van der Waals surface area contributed by atoms with Crippen LogP contribution in [-0.4, -0.2) is 53.6 Å². The smallest absolute Gasteiger partial charge is 0.355 e. The van der Waals surface area contributed by atoms with E-state index < -0.39 is 11.9 Å². The molecule has 0 unspecified atom stereocenters. The summed E-state index contributed by atoms with van der Waals surface area (Å²) in [6, 6.07) is 1.79. The highest BCUT2D eigenvalue weighted by Crippen LogP contribution is 2.19. The maximum absolute atomic E-state index is 12.2. The predicted molar refractivity (Wildman–Crippen MR) is 84.9 cm³/mol. The van der Waals surface area contributed by atoms with Crippen molar-refractivity contribution in [3.05, 3.63) is 41.0 Å². The van der Waals surface area contributed by atoms with Crippen molar-refractivity contribution in [2.45, 2.75) is 20.4 Å². The molecule has 0 radical (unpaired) electrons. The van der Waals surface area contributed by atoms with Crippen LogP contribution in [0.5, 0.6) is 0 Å². The van der Waals surface area contributed by atoms with E-state index in [-0.39, 0.29) is 18.9 Å². The summed E-state index contributed by atoms with van der Waals surface area (Å²) in [5.41, 5.74) is 1.68. The minimum atomic E-state index is -0.515. The van der Waals surface area contributed by atoms with Crippen LogP contribution in [0.3, 0.4) is 0 Å². The average Bonchev–Trinajstić information content (AvgIpc) is 3.15. The number of aromatic amines is 1. The fraction of sp³-hybridized carbons (Fsp3) is 0.438. The molecule has 0 fully saturated rings. The van der Waals surface area contributed by atoms with E-state index in [1.54, 1.807) is 37.0 Å². The van der Waals surface area contributed by atoms with E-state index in [1.807, 2.05) is 0 Å². The number of methoxy groups -OCH3 is 1. The first-order valence-corrected chi connectivity index (χ1v) is 7.54. The fourth-order valence-corrected chi connectivity index (χ4v) is 2.29. The number of hydrogen-bond donors (Lipinski definition) is 1. The van der Waals surface area contributed by atoms with Crippen LogP contribution in [-0.2, 0) is 20.8 Å². The second-order valence-corrected chi connectivity index (χ2v) is 5.16. The molecule has 0 aliphatic rings. The van der Waals surface area contributed by atoms with E-state index >= 15 is 0 Å². The molecule has 2 aromatic heterocycles. The van der Waals surface area contributed by atoms with Crippen molar-refractivity contribution in [2.75, 3.05) is 26.9 Å². The van der Waals surface area contributed by atoms with Gasteiger partial charge in [-0.15, -0.1) is 0 Å². The van der Waals surface area contributed by atoms with E-state index in [2.05, 4.69) is 10.1 Å². The fourth-order valence-electron chi connectivity index (χ4n) is 2.29. The molecular weight excluding hydrogens is 314 g/mol. The summed E-state index contributed by atoms with van der Waals surface area (Å²) in [5.74, 6) is -1.01. The Morgan fingerprint density at radius 2 is 1.92 bits per heavy atom. The molecule has 2 rings (SSSR count). The topological polar surface area (TPSA) is 95.4 Å². The minimum absolute atomic E-state index is 0.156. The molecule has 0 saturated heterocycles. The van der Waals surface area contributed by atoms with Crippen LogP contribution in [0.15, 0.2) is 18.5 Å². The van der Waals surface area contributed by atoms with Gasteiger partial charge in [-0.25, -0.2) is 9.59 Å². The summed E-state index contributed by atoms with van der Waals surface area (Å²) in [6.45, 7) is 4.51. The second-order valence-electron chi connectivity index (χ2n) is 5.16. The minimum Gasteiger partial charge on any atom is -0.460 e. The van der Waals surface area contributed by atoms with Crippen molar-refractivity contribution in [2.24, 2.45) is 0 Å². The van der Waals surface area contributed by atoms with Crippen LogP contribution in [0, 0.1) is 13.8 Å². The maximum atomic E-state index is 12.2. The van der Waals surface area contributed by atoms with Crippen molar-refractivity contribution in [1.82, 2.24) is 14.8 Å². The molecule has 0 atom stereocenters. The van der Waals surface area contributed by atoms with E-state index in [0.717, 1.165) is 0 Å². The predicted octanol–water partition coefficient (Wildman–Crippen LogP) is 1.49. The van der Waals surface area contributed by atoms with Crippen molar-refractivity contribution >= 4 is 11.9 Å². The lowest BCUT2D eigenvalue weighted by Crippen LogP contribution is -2.14. The van der Waals surface area contributed by atoms with Crippen LogP contribution >= 0.6 is 0 Å². The molecule has 0 bridgehead atoms. The molecule has 2 aromatic rings. The highest BCUT2D eigenvalue weighted by Gasteiger charge is 2.23. The molecule has 8 heteroatoms. The van der Waals surface area contributed by atoms with Crippen molar-refractivity contribution in [3.8, 4) is 0 Å². The van der Waals surface area contributed by atoms with Crippen LogP contribution in [0.25, 0.3) is 0 Å². The van der Waals surface area contributed by atoms with Crippen molar-refractivity contribution < 1.29 is 23.8 Å². The Bertz CT molecular complexity index is 691. The Kier molecular flexibility index (Phi) is 6.14. The third-order valence-corrected chi connectivity index (χ3v) is 3.48. The molecule has 0 amide bonds. The molecular formula is C16H21N3O5. The lowest BCUT2D eigenvalue weighted by atomic mass is 10.1. The monoisotopic (exact) mass is 335 g/mol. The lowest BCUT2D eigenvalue weighted by molar-refractivity contribution is 0.0386. The number of nitrogens with one attached hydrogen (secondary N) is 1. The number of esters is 2. The van der Waals surface area contributed by atoms with Gasteiger partial charge in [-0.3, -0.25) is 4.68 Å². The average molecular weight is 335 g/mol. The Morgan fingerprint density at radius 3 is 2.58 bits per heavy atom. The number of carbonyl (C=O) groups excluding carboxylic acids is 2. The zero-order valence-electron chi connectivity index (χ0n) is 14.0. The number of aryl methyl sites for hydroxylation is 1. The third kappa shape index (κ3) is 4.23. The van der Waals surface area contributed by atoms with Gasteiger partial charge in [-0.05, 0) is 25.5 Å². The Labute approximate surface area is 139 Å². The van der Waals surface area contributed by atoms with Gasteiger partial charge in [0.2, 0.25) is 0 Å². The van der Waals surface area contributed by atoms with Crippen LogP contribution in [0.4, 0.5) is 0 Å². The summed E-state index contributed by atoms with van der Waals surface area (Å²) in [7, 11) is 1.53. The zero-order valence-corrected chi connectivity index (χ0v) is 14.0. The first-order valence-electron chi connectivity index (χ1n) is 7.54. The Hall–Kier alpha value is -2.61. The SMILES string of the molecule is COCCOC(=O)c1c(C)[nH]c(C(=O)OCCn2cccn2)c1C. The van der Waals surface area contributed by atoms with Crippen LogP contribution in [0.2, 0.25) is 0 Å². The first kappa shape index (κ1) is 17.7. The van der Waals surface area contributed by atoms with Crippen molar-refractivity contribution in [3.63, 3.8) is 0 Å². The van der Waals surface area contributed by atoms with Gasteiger partial charge in [-0.2, -0.15) is 5.10 Å². The normalized spacial score (nSPS) is 10.6. The quantitative estimate of drug-likeness (QED) is 0.580. The van der Waals surface area contributed by atoms with Gasteiger partial charge >= 0.3 is 11.9 Å².